The van der Waals surface area contributed by atoms with Crippen LogP contribution in [0.15, 0.2) is 120 Å². The van der Waals surface area contributed by atoms with Crippen LogP contribution in [0.4, 0.5) is 23.3 Å². The number of hydrogen-bond donors (Lipinski definition) is 8. The lowest BCUT2D eigenvalue weighted by Crippen LogP contribution is -2.50. The summed E-state index contributed by atoms with van der Waals surface area (Å²) in [7, 11) is 14.8. The Morgan fingerprint density at radius 2 is 0.510 bits per heavy atom. The first-order valence-electron chi connectivity index (χ1n) is 30.7. The molecule has 0 aliphatic heterocycles. The van der Waals surface area contributed by atoms with Crippen molar-refractivity contribution >= 4 is 138 Å². The number of nitrogens with zero attached hydrogens (tertiary/aromatic N) is 2. The largest absolute Gasteiger partial charge is 0.549 e. The molecule has 96 heavy (non-hydrogen) atoms. The van der Waals surface area contributed by atoms with Gasteiger partial charge >= 0.3 is 0 Å². The van der Waals surface area contributed by atoms with Crippen LogP contribution in [-0.4, -0.2) is 152 Å². The van der Waals surface area contributed by atoms with Crippen LogP contribution in [-0.2, 0) is 19.2 Å². The van der Waals surface area contributed by atoms with Crippen molar-refractivity contribution in [2.24, 2.45) is 0 Å². The van der Waals surface area contributed by atoms with Crippen LogP contribution < -0.4 is 82.9 Å². The van der Waals surface area contributed by atoms with Crippen LogP contribution in [0.3, 0.4) is 0 Å². The fourth-order valence-electron chi connectivity index (χ4n) is 11.8. The van der Waals surface area contributed by atoms with Gasteiger partial charge in [-0.05, 0) is 24.3 Å². The Hall–Kier alpha value is -11.6. The smallest absolute Gasteiger partial charge is 0.280 e. The number of carbonyl (C=O) groups is 8. The number of aromatic nitrogens is 4. The van der Waals surface area contributed by atoms with Gasteiger partial charge in [0.25, 0.3) is 23.3 Å². The number of carboxylic acid groups (broad SMARTS) is 4. The lowest BCUT2D eigenvalue weighted by atomic mass is 9.93. The molecule has 12 N–H and O–H groups in total. The zero-order chi connectivity index (χ0) is 69.3. The zero-order valence-corrected chi connectivity index (χ0v) is 54.4. The molecule has 8 aromatic rings. The number of hydrogen-bond acceptors (Lipinski definition) is 22. The summed E-state index contributed by atoms with van der Waals surface area (Å²) in [6, 6.07) is 31.8. The van der Waals surface area contributed by atoms with E-state index in [2.05, 4.69) is 62.5 Å². The lowest BCUT2D eigenvalue weighted by Gasteiger charge is -2.28. The van der Waals surface area contributed by atoms with Gasteiger partial charge in [0.05, 0.1) is 122 Å². The molecule has 4 aliphatic carbocycles. The molecular formula is C70H76N14O12. The van der Waals surface area contributed by atoms with Crippen molar-refractivity contribution in [1.29, 1.82) is 0 Å². The molecule has 12 rings (SSSR count). The second-order valence-electron chi connectivity index (χ2n) is 22.3. The van der Waals surface area contributed by atoms with Crippen LogP contribution in [0.5, 0.6) is 0 Å². The summed E-state index contributed by atoms with van der Waals surface area (Å²) in [4.78, 5) is 106. The average Bonchev–Trinajstić information content (AvgIpc) is 0.790. The van der Waals surface area contributed by atoms with Gasteiger partial charge in [-0.2, -0.15) is 0 Å². The minimum atomic E-state index is -1.53. The molecule has 0 fully saturated rings. The van der Waals surface area contributed by atoms with Gasteiger partial charge in [-0.25, -0.2) is 19.9 Å². The Balaban J connectivity index is 0.000000153. The minimum Gasteiger partial charge on any atom is -0.549 e. The van der Waals surface area contributed by atoms with Crippen LogP contribution in [0, 0.1) is 0 Å². The second kappa shape index (κ2) is 32.3. The fourth-order valence-corrected chi connectivity index (χ4v) is 11.8. The highest BCUT2D eigenvalue weighted by molar-refractivity contribution is 6.17. The van der Waals surface area contributed by atoms with E-state index in [0.717, 1.165) is 144 Å². The van der Waals surface area contributed by atoms with E-state index in [1.165, 1.54) is 0 Å². The Bertz CT molecular complexity index is 3940. The quantitative estimate of drug-likeness (QED) is 0.0526. The molecule has 0 amide bonds. The first-order valence-corrected chi connectivity index (χ1v) is 30.7. The molecule has 4 aliphatic rings. The van der Waals surface area contributed by atoms with Crippen LogP contribution in [0.25, 0.3) is 67.4 Å². The monoisotopic (exact) mass is 1300 g/mol. The van der Waals surface area contributed by atoms with Gasteiger partial charge < -0.3 is 60.9 Å². The van der Waals surface area contributed by atoms with E-state index >= 15 is 0 Å². The maximum absolute atomic E-state index is 12.3. The highest BCUT2D eigenvalue weighted by Crippen LogP contribution is 2.34. The van der Waals surface area contributed by atoms with Crippen molar-refractivity contribution in [3.05, 3.63) is 165 Å². The number of benzene rings is 4. The zero-order valence-electron chi connectivity index (χ0n) is 54.4. The van der Waals surface area contributed by atoms with Crippen LogP contribution in [0.2, 0.25) is 0 Å². The summed E-state index contributed by atoms with van der Waals surface area (Å²) < 4.78 is 0. The number of ketones is 4. The fraction of sp³-hybridized carbons (Fsp3) is 0.257. The normalized spacial score (nSPS) is 13.3. The van der Waals surface area contributed by atoms with Crippen molar-refractivity contribution in [3.8, 4) is 0 Å². The Morgan fingerprint density at radius 1 is 0.323 bits per heavy atom. The van der Waals surface area contributed by atoms with Gasteiger partial charge in [-0.3, -0.25) is 50.2 Å². The second-order valence-corrected chi connectivity index (χ2v) is 22.3. The number of H-pyrrole nitrogens is 4. The molecule has 0 atom stereocenters. The number of rotatable bonds is 19. The molecule has 4 heterocycles. The summed E-state index contributed by atoms with van der Waals surface area (Å²) in [6.07, 6.45) is 9.74. The molecule has 4 aromatic heterocycles. The third kappa shape index (κ3) is 16.6. The summed E-state index contributed by atoms with van der Waals surface area (Å²) in [5.74, 6) is -1.81. The number of aliphatic carboxylic acids is 4. The average molecular weight is 1310 g/mol. The van der Waals surface area contributed by atoms with E-state index in [-0.39, 0.29) is 36.2 Å². The Kier molecular flexibility index (Phi) is 23.6. The van der Waals surface area contributed by atoms with Gasteiger partial charge in [0, 0.05) is 136 Å². The van der Waals surface area contributed by atoms with Crippen LogP contribution >= 0.6 is 0 Å². The van der Waals surface area contributed by atoms with Gasteiger partial charge in [-0.1, -0.05) is 72.8 Å². The SMILES string of the molecule is CNC1=Cc2[nH+]c(NC)c3ccccc3c2C(=O)C1.CNC1=Cc2[nH+]c(NC)c3ccccc3c2C(=O)C1.CNC1=Cc2[nH+]c(NC)c3ccccc3c2C(=O)C1.CNC1=Cc2[nH+]c(NC)c3ccccc3c2C(=O)C1.O=C([O-])CN(CCN(CC(=O)[O-])CC(=O)[O-])CC(=O)[O-]. The summed E-state index contributed by atoms with van der Waals surface area (Å²) >= 11 is 0. The van der Waals surface area contributed by atoms with Gasteiger partial charge in [0.2, 0.25) is 0 Å². The van der Waals surface area contributed by atoms with Crippen molar-refractivity contribution in [3.63, 3.8) is 0 Å². The summed E-state index contributed by atoms with van der Waals surface area (Å²) in [6.45, 7) is -3.25. The number of carboxylic acids is 4. The predicted molar refractivity (Wildman–Crippen MR) is 357 cm³/mol. The highest BCUT2D eigenvalue weighted by Gasteiger charge is 2.30. The van der Waals surface area contributed by atoms with Crippen molar-refractivity contribution in [2.45, 2.75) is 25.7 Å². The Morgan fingerprint density at radius 3 is 0.677 bits per heavy atom. The van der Waals surface area contributed by atoms with Gasteiger partial charge in [0.15, 0.2) is 23.1 Å². The molecule has 0 bridgehead atoms. The molecule has 0 saturated heterocycles. The maximum Gasteiger partial charge on any atom is 0.280 e. The predicted octanol–water partition coefficient (Wildman–Crippen LogP) is -0.0408. The first-order chi connectivity index (χ1) is 46.2. The molecule has 498 valence electrons. The standard InChI is InChI=1S/4C15H15N3O.C10H16N2O8/c4*1-16-9-7-12-14(13(19)8-9)10-5-3-4-6-11(10)15(17-2)18-12;13-7(14)3-11(4-8(15)16)1-2-12(5-9(17)18)6-10(19)20/h4*3-7,16H,8H2,1-2H3,(H,17,18);1-6H2,(H,13,14)(H,15,16)(H,17,18)(H,19,20). The van der Waals surface area contributed by atoms with E-state index in [4.69, 9.17) is 0 Å². The number of anilines is 4. The third-order valence-corrected chi connectivity index (χ3v) is 16.2. The molecule has 26 heteroatoms. The van der Waals surface area contributed by atoms with E-state index in [9.17, 15) is 58.8 Å². The van der Waals surface area contributed by atoms with Gasteiger partial charge in [0.1, 0.15) is 22.8 Å². The molecule has 0 unspecified atom stereocenters. The van der Waals surface area contributed by atoms with Crippen molar-refractivity contribution in [1.82, 2.24) is 31.1 Å². The van der Waals surface area contributed by atoms with Crippen LogP contribution in [0.1, 0.15) is 89.9 Å². The molecule has 4 aromatic carbocycles. The van der Waals surface area contributed by atoms with Gasteiger partial charge in [-0.15, -0.1) is 0 Å². The van der Waals surface area contributed by atoms with E-state index < -0.39 is 50.1 Å². The number of nitrogens with one attached hydrogen (secondary N) is 12. The molecular weight excluding hydrogens is 1230 g/mol. The summed E-state index contributed by atoms with van der Waals surface area (Å²) in [5.41, 5.74) is 10.3. The topological polar surface area (TPSA) is 388 Å². The number of fused-ring (bicyclic) bond motifs is 12. The van der Waals surface area contributed by atoms with E-state index in [1.807, 2.05) is 178 Å². The number of aromatic amines is 4. The Labute approximate surface area is 552 Å². The van der Waals surface area contributed by atoms with E-state index in [1.54, 1.807) is 0 Å². The molecule has 0 spiro atoms. The molecule has 26 nitrogen and oxygen atoms in total. The summed E-state index contributed by atoms with van der Waals surface area (Å²) in [5, 5.41) is 74.6. The highest BCUT2D eigenvalue weighted by atomic mass is 16.4. The minimum absolute atomic E-state index is 0.150. The maximum atomic E-state index is 12.3. The number of carbonyl (C=O) groups excluding carboxylic acids is 8. The molecule has 0 radical (unpaired) electrons. The number of pyridine rings is 4. The first kappa shape index (κ1) is 70.2. The van der Waals surface area contributed by atoms with Crippen molar-refractivity contribution in [2.75, 3.05) is 117 Å². The van der Waals surface area contributed by atoms with Crippen molar-refractivity contribution < 1.29 is 78.7 Å². The lowest BCUT2D eigenvalue weighted by molar-refractivity contribution is -0.363. The van der Waals surface area contributed by atoms with E-state index in [0.29, 0.717) is 25.7 Å². The number of Topliss-reactive ketones (excluding diaryl/α,β-unsaturated/α-hetero) is 4. The number of allylic oxidation sites excluding steroid dienone is 4. The third-order valence-electron chi connectivity index (χ3n) is 16.2. The molecule has 0 saturated carbocycles.